The minimum absolute atomic E-state index is 0.301. The van der Waals surface area contributed by atoms with E-state index in [4.69, 9.17) is 0 Å². The number of unbranched alkanes of at least 4 members (excludes halogenated alkanes) is 1. The maximum absolute atomic E-state index is 12.6. The summed E-state index contributed by atoms with van der Waals surface area (Å²) < 4.78 is 0. The van der Waals surface area contributed by atoms with Gasteiger partial charge in [-0.25, -0.2) is 0 Å². The second kappa shape index (κ2) is 4.83. The summed E-state index contributed by atoms with van der Waals surface area (Å²) in [6.07, 6.45) is 11.5. The first-order valence-corrected chi connectivity index (χ1v) is 8.58. The van der Waals surface area contributed by atoms with E-state index in [2.05, 4.69) is 31.2 Å². The summed E-state index contributed by atoms with van der Waals surface area (Å²) in [5.74, 6) is 1.17. The summed E-state index contributed by atoms with van der Waals surface area (Å²) >= 11 is 0. The average Bonchev–Trinajstić information content (AvgIpc) is 3.10. The highest BCUT2D eigenvalue weighted by molar-refractivity contribution is 6.00. The molecule has 1 heteroatoms. The van der Waals surface area contributed by atoms with Gasteiger partial charge in [-0.05, 0) is 55.6 Å². The van der Waals surface area contributed by atoms with Gasteiger partial charge in [0.15, 0.2) is 5.78 Å². The van der Waals surface area contributed by atoms with Gasteiger partial charge in [-0.15, -0.1) is 0 Å². The van der Waals surface area contributed by atoms with Crippen molar-refractivity contribution >= 4 is 5.78 Å². The van der Waals surface area contributed by atoms with Crippen molar-refractivity contribution in [3.05, 3.63) is 46.5 Å². The van der Waals surface area contributed by atoms with E-state index in [1.807, 2.05) is 0 Å². The van der Waals surface area contributed by atoms with Gasteiger partial charge in [0.2, 0.25) is 0 Å². The Morgan fingerprint density at radius 1 is 1.33 bits per heavy atom. The number of Topliss-reactive ketones (excluding diaryl/α,β-unsaturated/α-hetero) is 1. The highest BCUT2D eigenvalue weighted by atomic mass is 16.1. The SMILES string of the molecule is CCCCc1cccc2c1C(=O)CCC21CC2=CCC1C2. The van der Waals surface area contributed by atoms with Crippen LogP contribution < -0.4 is 0 Å². The summed E-state index contributed by atoms with van der Waals surface area (Å²) in [4.78, 5) is 12.6. The van der Waals surface area contributed by atoms with Crippen LogP contribution in [0.1, 0.15) is 73.4 Å². The Morgan fingerprint density at radius 2 is 2.24 bits per heavy atom. The Bertz CT molecular complexity index is 625. The monoisotopic (exact) mass is 280 g/mol. The van der Waals surface area contributed by atoms with Crippen LogP contribution in [0.5, 0.6) is 0 Å². The molecule has 0 aliphatic heterocycles. The number of carbonyl (C=O) groups is 1. The van der Waals surface area contributed by atoms with E-state index in [1.165, 1.54) is 43.2 Å². The lowest BCUT2D eigenvalue weighted by atomic mass is 9.61. The molecule has 3 aliphatic rings. The smallest absolute Gasteiger partial charge is 0.163 e. The Balaban J connectivity index is 1.82. The Hall–Kier alpha value is -1.37. The molecule has 2 unspecified atom stereocenters. The first kappa shape index (κ1) is 13.3. The number of rotatable bonds is 3. The molecule has 1 fully saturated rings. The third-order valence-electron chi connectivity index (χ3n) is 6.09. The number of hydrogen-bond acceptors (Lipinski definition) is 1. The normalized spacial score (nSPS) is 29.9. The molecule has 1 aromatic rings. The maximum Gasteiger partial charge on any atom is 0.163 e. The fourth-order valence-corrected chi connectivity index (χ4v) is 5.03. The molecule has 0 saturated heterocycles. The van der Waals surface area contributed by atoms with Gasteiger partial charge in [0.25, 0.3) is 0 Å². The Kier molecular flexibility index (Phi) is 3.06. The number of benzene rings is 1. The van der Waals surface area contributed by atoms with Crippen LogP contribution in [-0.4, -0.2) is 5.78 Å². The zero-order chi connectivity index (χ0) is 14.4. The second-order valence-electron chi connectivity index (χ2n) is 7.20. The van der Waals surface area contributed by atoms with Crippen molar-refractivity contribution in [1.29, 1.82) is 0 Å². The standard InChI is InChI=1S/C20H24O/c1-2-3-5-15-6-4-7-17-19(15)18(21)10-11-20(17)13-14-8-9-16(20)12-14/h4,6-8,16H,2-3,5,9-13H2,1H3. The van der Waals surface area contributed by atoms with Gasteiger partial charge >= 0.3 is 0 Å². The zero-order valence-corrected chi connectivity index (χ0v) is 13.0. The molecule has 0 radical (unpaired) electrons. The molecule has 2 bridgehead atoms. The van der Waals surface area contributed by atoms with Gasteiger partial charge in [0, 0.05) is 17.4 Å². The van der Waals surface area contributed by atoms with Gasteiger partial charge in [-0.2, -0.15) is 0 Å². The number of allylic oxidation sites excluding steroid dienone is 2. The molecule has 1 nitrogen and oxygen atoms in total. The highest BCUT2D eigenvalue weighted by Gasteiger charge is 2.51. The molecule has 4 rings (SSSR count). The van der Waals surface area contributed by atoms with Crippen molar-refractivity contribution in [2.24, 2.45) is 5.92 Å². The number of aryl methyl sites for hydroxylation is 1. The fourth-order valence-electron chi connectivity index (χ4n) is 5.03. The molecule has 110 valence electrons. The van der Waals surface area contributed by atoms with Crippen molar-refractivity contribution in [1.82, 2.24) is 0 Å². The Labute approximate surface area is 127 Å². The van der Waals surface area contributed by atoms with E-state index < -0.39 is 0 Å². The van der Waals surface area contributed by atoms with E-state index in [0.29, 0.717) is 11.2 Å². The third-order valence-corrected chi connectivity index (χ3v) is 6.09. The van der Waals surface area contributed by atoms with Crippen LogP contribution in [0.4, 0.5) is 0 Å². The molecular weight excluding hydrogens is 256 g/mol. The minimum Gasteiger partial charge on any atom is -0.294 e. The number of fused-ring (bicyclic) bond motifs is 5. The number of hydrogen-bond donors (Lipinski definition) is 0. The molecule has 0 aromatic heterocycles. The number of carbonyl (C=O) groups excluding carboxylic acids is 1. The van der Waals surface area contributed by atoms with E-state index in [9.17, 15) is 4.79 Å². The van der Waals surface area contributed by atoms with Gasteiger partial charge in [0.05, 0.1) is 0 Å². The summed E-state index contributed by atoms with van der Waals surface area (Å²) in [6, 6.07) is 6.66. The molecular formula is C20H24O. The highest BCUT2D eigenvalue weighted by Crippen LogP contribution is 2.58. The lowest BCUT2D eigenvalue weighted by molar-refractivity contribution is 0.0938. The molecule has 0 N–H and O–H groups in total. The summed E-state index contributed by atoms with van der Waals surface area (Å²) in [6.45, 7) is 2.22. The maximum atomic E-state index is 12.6. The quantitative estimate of drug-likeness (QED) is 0.713. The first-order valence-electron chi connectivity index (χ1n) is 8.58. The molecule has 1 spiro atoms. The largest absolute Gasteiger partial charge is 0.294 e. The van der Waals surface area contributed by atoms with Gasteiger partial charge in [0.1, 0.15) is 0 Å². The summed E-state index contributed by atoms with van der Waals surface area (Å²) in [5, 5.41) is 0. The van der Waals surface area contributed by atoms with Gasteiger partial charge in [-0.3, -0.25) is 4.79 Å². The van der Waals surface area contributed by atoms with Crippen molar-refractivity contribution < 1.29 is 4.79 Å². The lowest BCUT2D eigenvalue weighted by Crippen LogP contribution is -2.37. The van der Waals surface area contributed by atoms with Crippen LogP contribution in [0.2, 0.25) is 0 Å². The zero-order valence-electron chi connectivity index (χ0n) is 13.0. The van der Waals surface area contributed by atoms with Crippen LogP contribution in [0.25, 0.3) is 0 Å². The van der Waals surface area contributed by atoms with Crippen LogP contribution in [0.15, 0.2) is 29.8 Å². The van der Waals surface area contributed by atoms with Crippen molar-refractivity contribution in [3.63, 3.8) is 0 Å². The molecule has 3 aliphatic carbocycles. The molecule has 0 amide bonds. The predicted molar refractivity (Wildman–Crippen MR) is 85.7 cm³/mol. The van der Waals surface area contributed by atoms with E-state index in [0.717, 1.165) is 30.7 Å². The third kappa shape index (κ3) is 1.86. The van der Waals surface area contributed by atoms with Crippen molar-refractivity contribution in [2.75, 3.05) is 0 Å². The minimum atomic E-state index is 0.301. The predicted octanol–water partition coefficient (Wildman–Crippen LogP) is 4.98. The second-order valence-corrected chi connectivity index (χ2v) is 7.20. The van der Waals surface area contributed by atoms with Crippen LogP contribution in [-0.2, 0) is 11.8 Å². The van der Waals surface area contributed by atoms with Crippen LogP contribution in [0.3, 0.4) is 0 Å². The van der Waals surface area contributed by atoms with Crippen LogP contribution in [0, 0.1) is 5.92 Å². The first-order chi connectivity index (χ1) is 10.2. The molecule has 1 aromatic carbocycles. The molecule has 1 saturated carbocycles. The lowest BCUT2D eigenvalue weighted by Gasteiger charge is -2.41. The molecule has 2 atom stereocenters. The summed E-state index contributed by atoms with van der Waals surface area (Å²) in [5.41, 5.74) is 5.79. The molecule has 21 heavy (non-hydrogen) atoms. The van der Waals surface area contributed by atoms with Gasteiger partial charge in [-0.1, -0.05) is 43.2 Å². The topological polar surface area (TPSA) is 17.1 Å². The van der Waals surface area contributed by atoms with E-state index >= 15 is 0 Å². The van der Waals surface area contributed by atoms with Crippen molar-refractivity contribution in [3.8, 4) is 0 Å². The van der Waals surface area contributed by atoms with E-state index in [1.54, 1.807) is 5.57 Å². The number of ketones is 1. The van der Waals surface area contributed by atoms with Crippen molar-refractivity contribution in [2.45, 2.75) is 63.7 Å². The average molecular weight is 280 g/mol. The van der Waals surface area contributed by atoms with Crippen LogP contribution >= 0.6 is 0 Å². The molecule has 0 heterocycles. The fraction of sp³-hybridized carbons (Fsp3) is 0.550. The Morgan fingerprint density at radius 3 is 2.95 bits per heavy atom. The van der Waals surface area contributed by atoms with Gasteiger partial charge < -0.3 is 0 Å². The summed E-state index contributed by atoms with van der Waals surface area (Å²) in [7, 11) is 0. The van der Waals surface area contributed by atoms with E-state index in [-0.39, 0.29) is 0 Å².